The van der Waals surface area contributed by atoms with Crippen molar-refractivity contribution in [3.8, 4) is 0 Å². The van der Waals surface area contributed by atoms with E-state index in [0.29, 0.717) is 24.5 Å². The van der Waals surface area contributed by atoms with Gasteiger partial charge in [-0.05, 0) is 6.42 Å². The summed E-state index contributed by atoms with van der Waals surface area (Å²) in [5, 5.41) is 0. The largest absolute Gasteiger partial charge is 0.469 e. The first kappa shape index (κ1) is 20.3. The molecule has 0 unspecified atom stereocenters. The Kier molecular flexibility index (Phi) is 6.73. The maximum Gasteiger partial charge on any atom is 0.307 e. The van der Waals surface area contributed by atoms with E-state index >= 15 is 0 Å². The molecule has 1 aromatic rings. The lowest BCUT2D eigenvalue weighted by atomic mass is 10.2. The van der Waals surface area contributed by atoms with Crippen LogP contribution in [0.25, 0.3) is 0 Å². The van der Waals surface area contributed by atoms with Gasteiger partial charge in [0.15, 0.2) is 0 Å². The number of ether oxygens (including phenoxy) is 2. The van der Waals surface area contributed by atoms with Gasteiger partial charge in [-0.1, -0.05) is 0 Å². The summed E-state index contributed by atoms with van der Waals surface area (Å²) in [4.78, 5) is 21.3. The van der Waals surface area contributed by atoms with Crippen LogP contribution in [0.2, 0.25) is 0 Å². The smallest absolute Gasteiger partial charge is 0.307 e. The highest BCUT2D eigenvalue weighted by molar-refractivity contribution is 7.90. The van der Waals surface area contributed by atoms with E-state index in [4.69, 9.17) is 16.2 Å². The number of nitrogen functional groups attached to an aromatic ring is 1. The molecule has 0 saturated carbocycles. The Labute approximate surface area is 152 Å². The maximum atomic E-state index is 11.4. The van der Waals surface area contributed by atoms with E-state index in [9.17, 15) is 13.2 Å². The van der Waals surface area contributed by atoms with Crippen molar-refractivity contribution in [2.45, 2.75) is 25.0 Å². The third kappa shape index (κ3) is 5.78. The lowest BCUT2D eigenvalue weighted by Crippen LogP contribution is -2.35. The van der Waals surface area contributed by atoms with Crippen molar-refractivity contribution in [1.29, 1.82) is 0 Å². The molecule has 1 fully saturated rings. The zero-order chi connectivity index (χ0) is 19.3. The number of aromatic nitrogens is 2. The summed E-state index contributed by atoms with van der Waals surface area (Å²) < 4.78 is 33.2. The normalized spacial score (nSPS) is 20.3. The van der Waals surface area contributed by atoms with Crippen LogP contribution < -0.4 is 16.4 Å². The molecular formula is C15H25N5O5S. The molecule has 10 nitrogen and oxygen atoms in total. The van der Waals surface area contributed by atoms with Crippen LogP contribution >= 0.6 is 0 Å². The minimum atomic E-state index is -3.12. The van der Waals surface area contributed by atoms with Crippen molar-refractivity contribution in [3.63, 3.8) is 0 Å². The Morgan fingerprint density at radius 1 is 1.42 bits per heavy atom. The van der Waals surface area contributed by atoms with Crippen molar-refractivity contribution in [3.05, 3.63) is 11.8 Å². The van der Waals surface area contributed by atoms with E-state index < -0.39 is 9.84 Å². The lowest BCUT2D eigenvalue weighted by Gasteiger charge is -2.20. The maximum absolute atomic E-state index is 11.4. The number of rotatable bonds is 8. The van der Waals surface area contributed by atoms with Crippen molar-refractivity contribution in [2.75, 3.05) is 49.4 Å². The second-order valence-electron chi connectivity index (χ2n) is 6.26. The molecule has 0 amide bonds. The molecule has 0 aliphatic carbocycles. The number of nitrogens with two attached hydrogens (primary N) is 2. The summed E-state index contributed by atoms with van der Waals surface area (Å²) in [5.74, 6) is 0.314. The second-order valence-corrected chi connectivity index (χ2v) is 8.52. The Morgan fingerprint density at radius 3 is 2.81 bits per heavy atom. The van der Waals surface area contributed by atoms with Crippen LogP contribution in [0, 0.1) is 0 Å². The van der Waals surface area contributed by atoms with Crippen LogP contribution in [-0.4, -0.2) is 75.3 Å². The average molecular weight is 387 g/mol. The molecule has 0 radical (unpaired) electrons. The van der Waals surface area contributed by atoms with Crippen LogP contribution in [0.3, 0.4) is 0 Å². The van der Waals surface area contributed by atoms with Crippen molar-refractivity contribution < 1.29 is 22.7 Å². The number of methoxy groups -OCH3 is 1. The van der Waals surface area contributed by atoms with Crippen molar-refractivity contribution in [2.24, 2.45) is 5.73 Å². The summed E-state index contributed by atoms with van der Waals surface area (Å²) in [7, 11) is -1.79. The number of sulfone groups is 1. The highest BCUT2D eigenvalue weighted by Crippen LogP contribution is 2.24. The van der Waals surface area contributed by atoms with E-state index in [1.165, 1.54) is 13.4 Å². The number of hydrogen-bond donors (Lipinski definition) is 2. The first-order chi connectivity index (χ1) is 12.2. The van der Waals surface area contributed by atoms with Gasteiger partial charge >= 0.3 is 5.97 Å². The number of carbonyl (C=O) groups is 1. The topological polar surface area (TPSA) is 151 Å². The van der Waals surface area contributed by atoms with Gasteiger partial charge < -0.3 is 25.8 Å². The third-order valence-corrected chi connectivity index (χ3v) is 5.02. The van der Waals surface area contributed by atoms with Crippen LogP contribution in [0.15, 0.2) is 6.20 Å². The van der Waals surface area contributed by atoms with Crippen LogP contribution in [0.4, 0.5) is 11.8 Å². The van der Waals surface area contributed by atoms with Crippen LogP contribution in [-0.2, 0) is 30.5 Å². The highest BCUT2D eigenvalue weighted by atomic mass is 32.2. The molecule has 2 atom stereocenters. The third-order valence-electron chi connectivity index (χ3n) is 4.08. The lowest BCUT2D eigenvalue weighted by molar-refractivity contribution is -0.142. The summed E-state index contributed by atoms with van der Waals surface area (Å²) in [6.45, 7) is 1.15. The Bertz CT molecular complexity index is 742. The fourth-order valence-corrected chi connectivity index (χ4v) is 3.29. The fraction of sp³-hybridized carbons (Fsp3) is 0.667. The predicted octanol–water partition coefficient (Wildman–Crippen LogP) is -1.26. The summed E-state index contributed by atoms with van der Waals surface area (Å²) >= 11 is 0. The van der Waals surface area contributed by atoms with Gasteiger partial charge in [0.2, 0.25) is 5.95 Å². The monoisotopic (exact) mass is 387 g/mol. The number of hydrogen-bond acceptors (Lipinski definition) is 10. The van der Waals surface area contributed by atoms with Crippen molar-refractivity contribution in [1.82, 2.24) is 9.97 Å². The molecule has 1 saturated heterocycles. The fourth-order valence-electron chi connectivity index (χ4n) is 2.70. The van der Waals surface area contributed by atoms with Crippen molar-refractivity contribution >= 4 is 27.6 Å². The molecule has 146 valence electrons. The molecule has 2 heterocycles. The van der Waals surface area contributed by atoms with E-state index in [2.05, 4.69) is 14.7 Å². The number of carbonyl (C=O) groups excluding carboxylic acids is 1. The number of esters is 1. The van der Waals surface area contributed by atoms with Gasteiger partial charge in [-0.25, -0.2) is 13.4 Å². The Hall–Kier alpha value is -1.98. The SMILES string of the molecule is COC(=O)CCO[C@@H]1CN(c2nc(N)ncc2CCS(C)(=O)=O)C[C@@H]1N. The standard InChI is InChI=1S/C15H25N5O5S/c1-24-13(21)3-5-25-12-9-20(8-11(12)16)14-10(4-6-26(2,22)23)7-18-15(17)19-14/h7,11-12H,3-6,8-9,16H2,1-2H3,(H2,17,18,19)/t11-,12+/m0/s1. The number of aryl methyl sites for hydroxylation is 1. The summed E-state index contributed by atoms with van der Waals surface area (Å²) in [6.07, 6.45) is 2.88. The van der Waals surface area contributed by atoms with Gasteiger partial charge in [0.25, 0.3) is 0 Å². The van der Waals surface area contributed by atoms with Crippen LogP contribution in [0.1, 0.15) is 12.0 Å². The summed E-state index contributed by atoms with van der Waals surface area (Å²) in [6, 6.07) is -0.272. The van der Waals surface area contributed by atoms with E-state index in [-0.39, 0.29) is 49.3 Å². The molecule has 26 heavy (non-hydrogen) atoms. The first-order valence-electron chi connectivity index (χ1n) is 8.17. The number of nitrogens with zero attached hydrogens (tertiary/aromatic N) is 3. The van der Waals surface area contributed by atoms with Gasteiger partial charge in [0.1, 0.15) is 15.7 Å². The van der Waals surface area contributed by atoms with E-state index in [1.54, 1.807) is 6.20 Å². The Morgan fingerprint density at radius 2 is 2.15 bits per heavy atom. The second kappa shape index (κ2) is 8.60. The molecule has 2 rings (SSSR count). The van der Waals surface area contributed by atoms with E-state index in [0.717, 1.165) is 0 Å². The molecule has 11 heteroatoms. The first-order valence-corrected chi connectivity index (χ1v) is 10.2. The molecule has 4 N–H and O–H groups in total. The van der Waals surface area contributed by atoms with Crippen LogP contribution in [0.5, 0.6) is 0 Å². The Balaban J connectivity index is 2.06. The van der Waals surface area contributed by atoms with E-state index in [1.807, 2.05) is 4.90 Å². The molecule has 0 spiro atoms. The average Bonchev–Trinajstić information content (AvgIpc) is 2.93. The van der Waals surface area contributed by atoms with Gasteiger partial charge in [-0.3, -0.25) is 4.79 Å². The highest BCUT2D eigenvalue weighted by Gasteiger charge is 2.33. The minimum Gasteiger partial charge on any atom is -0.469 e. The molecule has 0 bridgehead atoms. The minimum absolute atomic E-state index is 0.00771. The zero-order valence-corrected chi connectivity index (χ0v) is 15.7. The van der Waals surface area contributed by atoms with Gasteiger partial charge in [0, 0.05) is 31.1 Å². The van der Waals surface area contributed by atoms with Gasteiger partial charge in [-0.2, -0.15) is 4.98 Å². The molecule has 1 aliphatic rings. The van der Waals surface area contributed by atoms with Gasteiger partial charge in [0.05, 0.1) is 38.0 Å². The molecule has 1 aliphatic heterocycles. The molecular weight excluding hydrogens is 362 g/mol. The van der Waals surface area contributed by atoms with Gasteiger partial charge in [-0.15, -0.1) is 0 Å². The number of anilines is 2. The quantitative estimate of drug-likeness (QED) is 0.517. The zero-order valence-electron chi connectivity index (χ0n) is 14.9. The molecule has 1 aromatic heterocycles. The predicted molar refractivity (Wildman–Crippen MR) is 96.4 cm³/mol. The molecule has 0 aromatic carbocycles. The summed E-state index contributed by atoms with van der Waals surface area (Å²) in [5.41, 5.74) is 12.5.